The smallest absolute Gasteiger partial charge is 0.0403 e. The van der Waals surface area contributed by atoms with Gasteiger partial charge in [-0.05, 0) is 39.7 Å². The van der Waals surface area contributed by atoms with E-state index in [1.165, 1.54) is 28.6 Å². The molecule has 1 saturated carbocycles. The number of nitrogens with two attached hydrogens (primary N) is 1. The second-order valence-corrected chi connectivity index (χ2v) is 5.22. The van der Waals surface area contributed by atoms with Crippen molar-refractivity contribution in [2.75, 3.05) is 0 Å². The van der Waals surface area contributed by atoms with E-state index < -0.39 is 0 Å². The van der Waals surface area contributed by atoms with Gasteiger partial charge in [0.05, 0.1) is 0 Å². The summed E-state index contributed by atoms with van der Waals surface area (Å²) in [7, 11) is 0. The molecule has 1 aromatic rings. The predicted octanol–water partition coefficient (Wildman–Crippen LogP) is 3.73. The van der Waals surface area contributed by atoms with Gasteiger partial charge in [-0.3, -0.25) is 0 Å². The van der Waals surface area contributed by atoms with Gasteiger partial charge in [0.1, 0.15) is 0 Å². The lowest BCUT2D eigenvalue weighted by Gasteiger charge is -2.08. The minimum atomic E-state index is 0. The first-order chi connectivity index (χ1) is 5.77. The maximum Gasteiger partial charge on any atom is 0.0403 e. The minimum absolute atomic E-state index is 0. The molecule has 0 unspecified atom stereocenters. The molecule has 74 valence electrons. The Bertz CT molecular complexity index is 272. The summed E-state index contributed by atoms with van der Waals surface area (Å²) in [5.41, 5.74) is 6.06. The summed E-state index contributed by atoms with van der Waals surface area (Å²) in [4.78, 5) is 1.31. The Morgan fingerprint density at radius 1 is 1.62 bits per heavy atom. The van der Waals surface area contributed by atoms with Gasteiger partial charge in [-0.25, -0.2) is 0 Å². The Morgan fingerprint density at radius 3 is 2.77 bits per heavy atom. The predicted molar refractivity (Wildman–Crippen MR) is 63.5 cm³/mol. The number of hydrogen-bond donors (Lipinski definition) is 1. The van der Waals surface area contributed by atoms with Gasteiger partial charge in [-0.2, -0.15) is 0 Å². The molecule has 0 radical (unpaired) electrons. The second kappa shape index (κ2) is 4.78. The first-order valence-corrected chi connectivity index (χ1v) is 5.93. The summed E-state index contributed by atoms with van der Waals surface area (Å²) < 4.78 is 1.18. The van der Waals surface area contributed by atoms with E-state index >= 15 is 0 Å². The highest BCUT2D eigenvalue weighted by atomic mass is 79.9. The van der Waals surface area contributed by atoms with Crippen LogP contribution in [0.25, 0.3) is 0 Å². The lowest BCUT2D eigenvalue weighted by Crippen LogP contribution is -2.09. The summed E-state index contributed by atoms with van der Waals surface area (Å²) in [6.07, 6.45) is 3.94. The molecule has 1 heterocycles. The van der Waals surface area contributed by atoms with Crippen molar-refractivity contribution in [1.82, 2.24) is 0 Å². The maximum atomic E-state index is 6.06. The molecule has 0 spiro atoms. The quantitative estimate of drug-likeness (QED) is 0.898. The fourth-order valence-corrected chi connectivity index (χ4v) is 3.07. The molecule has 1 aliphatic rings. The van der Waals surface area contributed by atoms with Gasteiger partial charge in [0.25, 0.3) is 0 Å². The van der Waals surface area contributed by atoms with Gasteiger partial charge in [-0.1, -0.05) is 12.8 Å². The van der Waals surface area contributed by atoms with Crippen LogP contribution in [0.5, 0.6) is 0 Å². The largest absolute Gasteiger partial charge is 0.323 e. The van der Waals surface area contributed by atoms with Crippen molar-refractivity contribution in [2.45, 2.75) is 25.3 Å². The average molecular weight is 283 g/mol. The van der Waals surface area contributed by atoms with Crippen LogP contribution < -0.4 is 5.73 Å². The van der Waals surface area contributed by atoms with Crippen LogP contribution in [0.15, 0.2) is 15.9 Å². The van der Waals surface area contributed by atoms with Crippen LogP contribution in [0.3, 0.4) is 0 Å². The monoisotopic (exact) mass is 281 g/mol. The van der Waals surface area contributed by atoms with Gasteiger partial charge >= 0.3 is 0 Å². The third-order valence-electron chi connectivity index (χ3n) is 2.27. The highest BCUT2D eigenvalue weighted by Gasteiger charge is 2.25. The van der Waals surface area contributed by atoms with Gasteiger partial charge < -0.3 is 5.73 Å². The molecule has 1 aromatic heterocycles. The number of thiophene rings is 1. The molecule has 2 rings (SSSR count). The van der Waals surface area contributed by atoms with E-state index in [9.17, 15) is 0 Å². The van der Waals surface area contributed by atoms with Crippen molar-refractivity contribution in [2.24, 2.45) is 11.7 Å². The van der Waals surface area contributed by atoms with Crippen molar-refractivity contribution in [3.8, 4) is 0 Å². The molecular formula is C9H13BrClNS. The van der Waals surface area contributed by atoms with E-state index in [-0.39, 0.29) is 18.4 Å². The molecule has 0 bridgehead atoms. The molecule has 1 nitrogen and oxygen atoms in total. The molecule has 0 aliphatic heterocycles. The number of hydrogen-bond acceptors (Lipinski definition) is 2. The van der Waals surface area contributed by atoms with E-state index in [0.717, 1.165) is 5.92 Å². The normalized spacial score (nSPS) is 18.0. The zero-order chi connectivity index (χ0) is 8.55. The van der Waals surface area contributed by atoms with Crippen LogP contribution in [-0.2, 0) is 0 Å². The molecule has 4 heteroatoms. The molecule has 13 heavy (non-hydrogen) atoms. The third kappa shape index (κ3) is 2.94. The zero-order valence-electron chi connectivity index (χ0n) is 7.20. The summed E-state index contributed by atoms with van der Waals surface area (Å²) in [5, 5.41) is 2.09. The Labute approximate surface area is 97.3 Å². The van der Waals surface area contributed by atoms with Gasteiger partial charge in [0.15, 0.2) is 0 Å². The topological polar surface area (TPSA) is 26.0 Å². The van der Waals surface area contributed by atoms with Crippen LogP contribution in [0.2, 0.25) is 0 Å². The summed E-state index contributed by atoms with van der Waals surface area (Å²) in [6, 6.07) is 2.33. The molecular weight excluding hydrogens is 270 g/mol. The van der Waals surface area contributed by atoms with Crippen molar-refractivity contribution >= 4 is 39.7 Å². The van der Waals surface area contributed by atoms with E-state index in [0.29, 0.717) is 0 Å². The standard InChI is InChI=1S/C9H12BrNS.ClH/c10-7-3-4-12-9(7)8(11)5-6-1-2-6;/h3-4,6,8H,1-2,5,11H2;1H/t8-;/m0./s1. The Balaban J connectivity index is 0.000000845. The Hall–Kier alpha value is 0.430. The molecule has 1 fully saturated rings. The molecule has 2 N–H and O–H groups in total. The van der Waals surface area contributed by atoms with Crippen LogP contribution in [0, 0.1) is 5.92 Å². The number of halogens is 2. The first-order valence-electron chi connectivity index (χ1n) is 4.26. The average Bonchev–Trinajstić information content (AvgIpc) is 2.72. The Morgan fingerprint density at radius 2 is 2.31 bits per heavy atom. The fourth-order valence-electron chi connectivity index (χ4n) is 1.39. The molecule has 1 aliphatic carbocycles. The van der Waals surface area contributed by atoms with Gasteiger partial charge in [0.2, 0.25) is 0 Å². The fraction of sp³-hybridized carbons (Fsp3) is 0.556. The third-order valence-corrected chi connectivity index (χ3v) is 4.27. The van der Waals surface area contributed by atoms with E-state index in [4.69, 9.17) is 5.73 Å². The molecule has 1 atom stereocenters. The van der Waals surface area contributed by atoms with E-state index in [2.05, 4.69) is 27.4 Å². The SMILES string of the molecule is Cl.N[C@@H](CC1CC1)c1sccc1Br. The summed E-state index contributed by atoms with van der Waals surface area (Å²) in [5.74, 6) is 0.911. The molecule has 0 amide bonds. The van der Waals surface area contributed by atoms with Crippen molar-refractivity contribution in [3.63, 3.8) is 0 Å². The highest BCUT2D eigenvalue weighted by Crippen LogP contribution is 2.39. The highest BCUT2D eigenvalue weighted by molar-refractivity contribution is 9.10. The molecule has 0 aromatic carbocycles. The summed E-state index contributed by atoms with van der Waals surface area (Å²) >= 11 is 5.26. The van der Waals surface area contributed by atoms with Crippen LogP contribution >= 0.6 is 39.7 Å². The summed E-state index contributed by atoms with van der Waals surface area (Å²) in [6.45, 7) is 0. The van der Waals surface area contributed by atoms with E-state index in [1.807, 2.05) is 0 Å². The van der Waals surface area contributed by atoms with Crippen molar-refractivity contribution in [1.29, 1.82) is 0 Å². The maximum absolute atomic E-state index is 6.06. The van der Waals surface area contributed by atoms with Crippen LogP contribution in [-0.4, -0.2) is 0 Å². The second-order valence-electron chi connectivity index (χ2n) is 3.42. The van der Waals surface area contributed by atoms with Gasteiger partial charge in [0, 0.05) is 15.4 Å². The Kier molecular flexibility index (Phi) is 4.23. The van der Waals surface area contributed by atoms with Crippen LogP contribution in [0.1, 0.15) is 30.2 Å². The minimum Gasteiger partial charge on any atom is -0.323 e. The lowest BCUT2D eigenvalue weighted by atomic mass is 10.1. The zero-order valence-corrected chi connectivity index (χ0v) is 10.4. The number of rotatable bonds is 3. The van der Waals surface area contributed by atoms with Gasteiger partial charge in [-0.15, -0.1) is 23.7 Å². The van der Waals surface area contributed by atoms with Crippen molar-refractivity contribution < 1.29 is 0 Å². The van der Waals surface area contributed by atoms with E-state index in [1.54, 1.807) is 11.3 Å². The van der Waals surface area contributed by atoms with Crippen LogP contribution in [0.4, 0.5) is 0 Å². The van der Waals surface area contributed by atoms with Crippen molar-refractivity contribution in [3.05, 3.63) is 20.8 Å². The lowest BCUT2D eigenvalue weighted by molar-refractivity contribution is 0.603. The molecule has 0 saturated heterocycles. The first kappa shape index (κ1) is 11.5.